The summed E-state index contributed by atoms with van der Waals surface area (Å²) in [6, 6.07) is 8.93. The topological polar surface area (TPSA) is 62.1 Å². The summed E-state index contributed by atoms with van der Waals surface area (Å²) in [7, 11) is 0. The molecular formula is C16H20N2O2. The second-order valence-electron chi connectivity index (χ2n) is 5.33. The Hall–Kier alpha value is -1.86. The van der Waals surface area contributed by atoms with Crippen molar-refractivity contribution < 1.29 is 9.53 Å². The summed E-state index contributed by atoms with van der Waals surface area (Å²) < 4.78 is 5.52. The van der Waals surface area contributed by atoms with E-state index >= 15 is 0 Å². The Morgan fingerprint density at radius 2 is 2.20 bits per heavy atom. The number of nitrogens with one attached hydrogen (secondary N) is 1. The minimum Gasteiger partial charge on any atom is -0.381 e. The first-order valence-corrected chi connectivity index (χ1v) is 7.06. The maximum atomic E-state index is 12.2. The number of amides is 1. The number of nitriles is 1. The summed E-state index contributed by atoms with van der Waals surface area (Å²) in [4.78, 5) is 12.2. The van der Waals surface area contributed by atoms with Crippen LogP contribution in [-0.2, 0) is 4.74 Å². The van der Waals surface area contributed by atoms with E-state index in [1.54, 1.807) is 24.3 Å². The Morgan fingerprint density at radius 1 is 1.45 bits per heavy atom. The van der Waals surface area contributed by atoms with Crippen molar-refractivity contribution in [2.45, 2.75) is 26.2 Å². The molecule has 1 aromatic rings. The first-order chi connectivity index (χ1) is 9.71. The van der Waals surface area contributed by atoms with Gasteiger partial charge in [0.2, 0.25) is 0 Å². The lowest BCUT2D eigenvalue weighted by atomic mass is 9.69. The number of carbonyl (C=O) groups excluding carboxylic acids is 1. The fraction of sp³-hybridized carbons (Fsp3) is 0.500. The highest BCUT2D eigenvalue weighted by Crippen LogP contribution is 2.40. The van der Waals surface area contributed by atoms with Crippen LogP contribution < -0.4 is 5.32 Å². The Kier molecular flexibility index (Phi) is 4.75. The fourth-order valence-electron chi connectivity index (χ4n) is 2.51. The lowest BCUT2D eigenvalue weighted by molar-refractivity contribution is -0.000183. The summed E-state index contributed by atoms with van der Waals surface area (Å²) in [6.07, 6.45) is 3.37. The molecule has 20 heavy (non-hydrogen) atoms. The minimum absolute atomic E-state index is 0.0905. The number of hydrogen-bond acceptors (Lipinski definition) is 3. The molecule has 0 saturated heterocycles. The van der Waals surface area contributed by atoms with Gasteiger partial charge in [0.05, 0.1) is 23.8 Å². The zero-order valence-corrected chi connectivity index (χ0v) is 11.8. The first kappa shape index (κ1) is 14.5. The molecule has 0 spiro atoms. The van der Waals surface area contributed by atoms with Crippen LogP contribution in [0.3, 0.4) is 0 Å². The second kappa shape index (κ2) is 6.53. The summed E-state index contributed by atoms with van der Waals surface area (Å²) in [5.41, 5.74) is 0.950. The lowest BCUT2D eigenvalue weighted by Crippen LogP contribution is -2.45. The van der Waals surface area contributed by atoms with Gasteiger partial charge in [0.15, 0.2) is 0 Å². The van der Waals surface area contributed by atoms with E-state index in [4.69, 9.17) is 10.00 Å². The monoisotopic (exact) mass is 272 g/mol. The molecule has 4 nitrogen and oxygen atoms in total. The minimum atomic E-state index is -0.176. The number of nitrogens with zero attached hydrogens (tertiary/aromatic N) is 1. The quantitative estimate of drug-likeness (QED) is 0.865. The maximum Gasteiger partial charge on any atom is 0.252 e. The molecule has 0 aliphatic heterocycles. The van der Waals surface area contributed by atoms with Gasteiger partial charge >= 0.3 is 0 Å². The van der Waals surface area contributed by atoms with Gasteiger partial charge in [-0.1, -0.05) is 18.6 Å². The van der Waals surface area contributed by atoms with Gasteiger partial charge in [0, 0.05) is 18.6 Å². The smallest absolute Gasteiger partial charge is 0.252 e. The Balaban J connectivity index is 1.96. The van der Waals surface area contributed by atoms with Crippen LogP contribution in [0.2, 0.25) is 0 Å². The molecule has 0 unspecified atom stereocenters. The zero-order chi connectivity index (χ0) is 14.4. The van der Waals surface area contributed by atoms with Crippen LogP contribution in [0.4, 0.5) is 0 Å². The van der Waals surface area contributed by atoms with Crippen LogP contribution in [0, 0.1) is 16.7 Å². The molecule has 1 N–H and O–H groups in total. The van der Waals surface area contributed by atoms with Crippen molar-refractivity contribution in [3.05, 3.63) is 35.4 Å². The third-order valence-corrected chi connectivity index (χ3v) is 3.94. The molecule has 2 rings (SSSR count). The predicted octanol–water partition coefficient (Wildman–Crippen LogP) is 2.49. The van der Waals surface area contributed by atoms with Gasteiger partial charge in [0.1, 0.15) is 0 Å². The predicted molar refractivity (Wildman–Crippen MR) is 76.3 cm³/mol. The number of rotatable bonds is 6. The summed E-state index contributed by atoms with van der Waals surface area (Å²) in [6.45, 7) is 4.00. The number of ether oxygens (including phenoxy) is 1. The van der Waals surface area contributed by atoms with E-state index in [0.29, 0.717) is 30.9 Å². The molecule has 0 atom stereocenters. The van der Waals surface area contributed by atoms with E-state index in [9.17, 15) is 4.79 Å². The summed E-state index contributed by atoms with van der Waals surface area (Å²) >= 11 is 0. The molecule has 0 bridgehead atoms. The van der Waals surface area contributed by atoms with Gasteiger partial charge < -0.3 is 10.1 Å². The largest absolute Gasteiger partial charge is 0.381 e. The molecule has 1 amide bonds. The van der Waals surface area contributed by atoms with E-state index in [0.717, 1.165) is 12.8 Å². The maximum absolute atomic E-state index is 12.2. The molecule has 106 valence electrons. The van der Waals surface area contributed by atoms with Crippen molar-refractivity contribution in [1.82, 2.24) is 5.32 Å². The number of carbonyl (C=O) groups is 1. The van der Waals surface area contributed by atoms with Crippen LogP contribution in [0.1, 0.15) is 42.1 Å². The summed E-state index contributed by atoms with van der Waals surface area (Å²) in [5.74, 6) is -0.176. The molecule has 0 aromatic heterocycles. The van der Waals surface area contributed by atoms with Gasteiger partial charge in [-0.15, -0.1) is 0 Å². The molecule has 1 fully saturated rings. The zero-order valence-electron chi connectivity index (χ0n) is 11.8. The summed E-state index contributed by atoms with van der Waals surface area (Å²) in [5, 5.41) is 12.0. The molecule has 0 radical (unpaired) electrons. The first-order valence-electron chi connectivity index (χ1n) is 7.06. The van der Waals surface area contributed by atoms with E-state index in [-0.39, 0.29) is 11.3 Å². The van der Waals surface area contributed by atoms with E-state index < -0.39 is 0 Å². The number of hydrogen-bond donors (Lipinski definition) is 1. The highest BCUT2D eigenvalue weighted by molar-refractivity contribution is 5.96. The Bertz CT molecular complexity index is 515. The fourth-order valence-corrected chi connectivity index (χ4v) is 2.51. The highest BCUT2D eigenvalue weighted by Gasteiger charge is 2.37. The van der Waals surface area contributed by atoms with Crippen LogP contribution in [-0.4, -0.2) is 25.7 Å². The Morgan fingerprint density at radius 3 is 2.80 bits per heavy atom. The van der Waals surface area contributed by atoms with Crippen molar-refractivity contribution >= 4 is 5.91 Å². The highest BCUT2D eigenvalue weighted by atomic mass is 16.5. The molecule has 1 aromatic carbocycles. The van der Waals surface area contributed by atoms with E-state index in [1.807, 2.05) is 6.92 Å². The van der Waals surface area contributed by atoms with Crippen molar-refractivity contribution in [2.75, 3.05) is 19.8 Å². The van der Waals surface area contributed by atoms with Gasteiger partial charge in [0.25, 0.3) is 5.91 Å². The SMILES string of the molecule is CCOCC1(CNC(=O)c2ccccc2C#N)CCC1. The van der Waals surface area contributed by atoms with Crippen molar-refractivity contribution in [3.8, 4) is 6.07 Å². The molecular weight excluding hydrogens is 252 g/mol. The molecule has 1 saturated carbocycles. The van der Waals surface area contributed by atoms with Crippen molar-refractivity contribution in [1.29, 1.82) is 5.26 Å². The van der Waals surface area contributed by atoms with Crippen molar-refractivity contribution in [2.24, 2.45) is 5.41 Å². The van der Waals surface area contributed by atoms with Gasteiger partial charge in [-0.25, -0.2) is 0 Å². The molecule has 4 heteroatoms. The normalized spacial score (nSPS) is 16.0. The van der Waals surface area contributed by atoms with Crippen molar-refractivity contribution in [3.63, 3.8) is 0 Å². The lowest BCUT2D eigenvalue weighted by Gasteiger charge is -2.41. The average molecular weight is 272 g/mol. The van der Waals surface area contributed by atoms with Gasteiger partial charge in [-0.05, 0) is 31.9 Å². The van der Waals surface area contributed by atoms with E-state index in [2.05, 4.69) is 11.4 Å². The van der Waals surface area contributed by atoms with Crippen LogP contribution in [0.5, 0.6) is 0 Å². The van der Waals surface area contributed by atoms with Crippen LogP contribution >= 0.6 is 0 Å². The third kappa shape index (κ3) is 3.17. The Labute approximate surface area is 119 Å². The van der Waals surface area contributed by atoms with Crippen LogP contribution in [0.25, 0.3) is 0 Å². The van der Waals surface area contributed by atoms with Gasteiger partial charge in [-0.3, -0.25) is 4.79 Å². The average Bonchev–Trinajstić information content (AvgIpc) is 2.45. The molecule has 1 aliphatic rings. The molecule has 1 aliphatic carbocycles. The third-order valence-electron chi connectivity index (χ3n) is 3.94. The molecule has 0 heterocycles. The van der Waals surface area contributed by atoms with Crippen LogP contribution in [0.15, 0.2) is 24.3 Å². The standard InChI is InChI=1S/C16H20N2O2/c1-2-20-12-16(8-5-9-16)11-18-15(19)14-7-4-3-6-13(14)10-17/h3-4,6-7H,2,5,8-9,11-12H2,1H3,(H,18,19). The number of benzene rings is 1. The second-order valence-corrected chi connectivity index (χ2v) is 5.33. The van der Waals surface area contributed by atoms with E-state index in [1.165, 1.54) is 6.42 Å². The van der Waals surface area contributed by atoms with Gasteiger partial charge in [-0.2, -0.15) is 5.26 Å².